The van der Waals surface area contributed by atoms with Gasteiger partial charge in [-0.25, -0.2) is 0 Å². The van der Waals surface area contributed by atoms with E-state index in [2.05, 4.69) is 16.7 Å². The summed E-state index contributed by atoms with van der Waals surface area (Å²) in [6.45, 7) is 6.95. The number of nitrogens with one attached hydrogen (secondary N) is 2. The molecule has 0 radical (unpaired) electrons. The van der Waals surface area contributed by atoms with Crippen molar-refractivity contribution >= 4 is 11.8 Å². The Bertz CT molecular complexity index is 381. The van der Waals surface area contributed by atoms with E-state index in [9.17, 15) is 9.59 Å². The van der Waals surface area contributed by atoms with Crippen molar-refractivity contribution in [2.45, 2.75) is 65.7 Å². The molecule has 0 spiro atoms. The average molecular weight is 294 g/mol. The number of hydrogen-bond donors (Lipinski definition) is 2. The van der Waals surface area contributed by atoms with E-state index in [-0.39, 0.29) is 17.2 Å². The van der Waals surface area contributed by atoms with E-state index in [0.717, 1.165) is 13.0 Å². The molecule has 0 aliphatic heterocycles. The summed E-state index contributed by atoms with van der Waals surface area (Å²) in [5.41, 5.74) is 1.12. The van der Waals surface area contributed by atoms with Gasteiger partial charge in [0.25, 0.3) is 0 Å². The summed E-state index contributed by atoms with van der Waals surface area (Å²) in [7, 11) is 0. The van der Waals surface area contributed by atoms with Gasteiger partial charge in [-0.2, -0.15) is 0 Å². The Morgan fingerprint density at radius 1 is 1.14 bits per heavy atom. The second kappa shape index (κ2) is 8.85. The number of amides is 2. The molecule has 0 fully saturated rings. The highest BCUT2D eigenvalue weighted by Crippen LogP contribution is 2.19. The zero-order valence-corrected chi connectivity index (χ0v) is 13.8. The minimum absolute atomic E-state index is 0.0344. The van der Waals surface area contributed by atoms with Crippen LogP contribution in [0.25, 0.3) is 0 Å². The van der Waals surface area contributed by atoms with E-state index in [4.69, 9.17) is 0 Å². The van der Waals surface area contributed by atoms with Gasteiger partial charge in [0.1, 0.15) is 0 Å². The first-order valence-corrected chi connectivity index (χ1v) is 8.12. The van der Waals surface area contributed by atoms with Gasteiger partial charge in [0.05, 0.1) is 0 Å². The third-order valence-corrected chi connectivity index (χ3v) is 3.70. The zero-order valence-electron chi connectivity index (χ0n) is 13.8. The van der Waals surface area contributed by atoms with Crippen molar-refractivity contribution in [3.63, 3.8) is 0 Å². The summed E-state index contributed by atoms with van der Waals surface area (Å²) in [6, 6.07) is 0. The van der Waals surface area contributed by atoms with Crippen molar-refractivity contribution in [1.29, 1.82) is 0 Å². The maximum absolute atomic E-state index is 11.7. The fourth-order valence-corrected chi connectivity index (χ4v) is 2.30. The molecule has 0 saturated carbocycles. The maximum Gasteiger partial charge on any atom is 0.225 e. The van der Waals surface area contributed by atoms with Crippen LogP contribution in [0.15, 0.2) is 11.6 Å². The lowest BCUT2D eigenvalue weighted by Crippen LogP contribution is -2.35. The predicted molar refractivity (Wildman–Crippen MR) is 85.9 cm³/mol. The quantitative estimate of drug-likeness (QED) is 0.560. The molecule has 1 rings (SSSR count). The van der Waals surface area contributed by atoms with Crippen molar-refractivity contribution in [2.24, 2.45) is 5.41 Å². The Hall–Kier alpha value is -1.32. The number of carbonyl (C=O) groups is 2. The summed E-state index contributed by atoms with van der Waals surface area (Å²) < 4.78 is 0. The van der Waals surface area contributed by atoms with Gasteiger partial charge in [-0.3, -0.25) is 9.59 Å². The molecule has 4 heteroatoms. The summed E-state index contributed by atoms with van der Waals surface area (Å²) >= 11 is 0. The second-order valence-electron chi connectivity index (χ2n) is 6.82. The first-order chi connectivity index (χ1) is 9.89. The van der Waals surface area contributed by atoms with Crippen molar-refractivity contribution in [3.8, 4) is 0 Å². The first-order valence-electron chi connectivity index (χ1n) is 8.12. The second-order valence-corrected chi connectivity index (χ2v) is 6.82. The molecule has 0 saturated heterocycles. The number of allylic oxidation sites excluding steroid dienone is 1. The van der Waals surface area contributed by atoms with Crippen molar-refractivity contribution in [2.75, 3.05) is 13.1 Å². The van der Waals surface area contributed by atoms with Crippen LogP contribution in [0.1, 0.15) is 65.7 Å². The van der Waals surface area contributed by atoms with E-state index >= 15 is 0 Å². The molecule has 0 atom stereocenters. The van der Waals surface area contributed by atoms with Gasteiger partial charge >= 0.3 is 0 Å². The molecule has 0 bridgehead atoms. The highest BCUT2D eigenvalue weighted by atomic mass is 16.2. The van der Waals surface area contributed by atoms with Gasteiger partial charge in [-0.1, -0.05) is 32.4 Å². The van der Waals surface area contributed by atoms with Gasteiger partial charge in [0, 0.05) is 24.9 Å². The lowest BCUT2D eigenvalue weighted by atomic mass is 9.96. The monoisotopic (exact) mass is 294 g/mol. The smallest absolute Gasteiger partial charge is 0.225 e. The fourth-order valence-electron chi connectivity index (χ4n) is 2.30. The summed E-state index contributed by atoms with van der Waals surface area (Å²) in [5, 5.41) is 5.81. The molecule has 0 aromatic rings. The predicted octanol–water partition coefficient (Wildman–Crippen LogP) is 2.94. The third-order valence-electron chi connectivity index (χ3n) is 3.70. The van der Waals surface area contributed by atoms with Crippen LogP contribution in [0.4, 0.5) is 0 Å². The Morgan fingerprint density at radius 2 is 1.90 bits per heavy atom. The van der Waals surface area contributed by atoms with Crippen LogP contribution in [-0.4, -0.2) is 24.9 Å². The van der Waals surface area contributed by atoms with Gasteiger partial charge in [-0.15, -0.1) is 0 Å². The topological polar surface area (TPSA) is 58.2 Å². The average Bonchev–Trinajstić information content (AvgIpc) is 2.43. The normalized spacial score (nSPS) is 15.3. The van der Waals surface area contributed by atoms with Crippen LogP contribution in [-0.2, 0) is 9.59 Å². The highest BCUT2D eigenvalue weighted by molar-refractivity contribution is 5.81. The molecular weight excluding hydrogens is 264 g/mol. The van der Waals surface area contributed by atoms with Gasteiger partial charge in [0.2, 0.25) is 11.8 Å². The molecule has 1 aliphatic rings. The van der Waals surface area contributed by atoms with E-state index in [0.29, 0.717) is 19.4 Å². The molecule has 2 N–H and O–H groups in total. The van der Waals surface area contributed by atoms with Crippen LogP contribution >= 0.6 is 0 Å². The number of carbonyl (C=O) groups excluding carboxylic acids is 2. The highest BCUT2D eigenvalue weighted by Gasteiger charge is 2.20. The van der Waals surface area contributed by atoms with E-state index in [1.165, 1.54) is 31.3 Å². The largest absolute Gasteiger partial charge is 0.356 e. The summed E-state index contributed by atoms with van der Waals surface area (Å²) in [4.78, 5) is 23.3. The Morgan fingerprint density at radius 3 is 2.52 bits per heavy atom. The molecule has 0 heterocycles. The fraction of sp³-hybridized carbons (Fsp3) is 0.765. The van der Waals surface area contributed by atoms with Crippen LogP contribution in [0.5, 0.6) is 0 Å². The molecule has 1 aliphatic carbocycles. The molecule has 0 unspecified atom stereocenters. The van der Waals surface area contributed by atoms with Crippen molar-refractivity contribution < 1.29 is 9.59 Å². The third kappa shape index (κ3) is 7.88. The van der Waals surface area contributed by atoms with E-state index in [1.807, 2.05) is 20.8 Å². The molecule has 4 nitrogen and oxygen atoms in total. The van der Waals surface area contributed by atoms with Crippen LogP contribution in [0.2, 0.25) is 0 Å². The Labute approximate surface area is 128 Å². The number of rotatable bonds is 7. The van der Waals surface area contributed by atoms with Crippen LogP contribution in [0.3, 0.4) is 0 Å². The molecule has 120 valence electrons. The molecule has 2 amide bonds. The molecular formula is C17H30N2O2. The lowest BCUT2D eigenvalue weighted by Gasteiger charge is -2.17. The lowest BCUT2D eigenvalue weighted by molar-refractivity contribution is -0.128. The Balaban J connectivity index is 2.04. The molecule has 0 aromatic heterocycles. The standard InChI is InChI=1S/C17H30N2O2/c1-17(2,3)16(21)19-12-7-10-15(20)18-13-11-14-8-5-4-6-9-14/h8H,4-7,9-13H2,1-3H3,(H,18,20)(H,19,21). The Kier molecular flexibility index (Phi) is 7.48. The molecule has 0 aromatic carbocycles. The van der Waals surface area contributed by atoms with Crippen LogP contribution < -0.4 is 10.6 Å². The van der Waals surface area contributed by atoms with E-state index < -0.39 is 0 Å². The van der Waals surface area contributed by atoms with Gasteiger partial charge < -0.3 is 10.6 Å². The summed E-state index contributed by atoms with van der Waals surface area (Å²) in [6.07, 6.45) is 9.43. The molecule has 21 heavy (non-hydrogen) atoms. The van der Waals surface area contributed by atoms with Gasteiger partial charge in [0.15, 0.2) is 0 Å². The van der Waals surface area contributed by atoms with Gasteiger partial charge in [-0.05, 0) is 38.5 Å². The SMILES string of the molecule is CC(C)(C)C(=O)NCCCC(=O)NCCC1=CCCCC1. The number of hydrogen-bond acceptors (Lipinski definition) is 2. The maximum atomic E-state index is 11.7. The minimum atomic E-state index is -0.365. The minimum Gasteiger partial charge on any atom is -0.356 e. The zero-order chi connectivity index (χ0) is 15.7. The van der Waals surface area contributed by atoms with Crippen molar-refractivity contribution in [3.05, 3.63) is 11.6 Å². The first kappa shape index (κ1) is 17.7. The van der Waals surface area contributed by atoms with E-state index in [1.54, 1.807) is 0 Å². The van der Waals surface area contributed by atoms with Crippen LogP contribution in [0, 0.1) is 5.41 Å². The summed E-state index contributed by atoms with van der Waals surface area (Å²) in [5.74, 6) is 0.114. The van der Waals surface area contributed by atoms with Crippen molar-refractivity contribution in [1.82, 2.24) is 10.6 Å².